The van der Waals surface area contributed by atoms with Gasteiger partial charge in [0.2, 0.25) is 0 Å². The minimum atomic E-state index is -4.32. The molecule has 0 saturated carbocycles. The number of alkyl halides is 3. The quantitative estimate of drug-likeness (QED) is 0.655. The maximum atomic E-state index is 13.7. The zero-order chi connectivity index (χ0) is 18.7. The van der Waals surface area contributed by atoms with E-state index in [4.69, 9.17) is 5.73 Å². The van der Waals surface area contributed by atoms with Gasteiger partial charge in [0.15, 0.2) is 0 Å². The molecule has 1 atom stereocenters. The summed E-state index contributed by atoms with van der Waals surface area (Å²) in [5, 5.41) is 5.78. The minimum Gasteiger partial charge on any atom is -0.330 e. The summed E-state index contributed by atoms with van der Waals surface area (Å²) in [6.07, 6.45) is -1.80. The van der Waals surface area contributed by atoms with Crippen molar-refractivity contribution in [2.45, 2.75) is 63.7 Å². The zero-order valence-corrected chi connectivity index (χ0v) is 15.3. The van der Waals surface area contributed by atoms with Crippen LogP contribution in [-0.2, 0) is 11.8 Å². The molecule has 1 aromatic rings. The van der Waals surface area contributed by atoms with Crippen LogP contribution in [0.4, 0.5) is 13.2 Å². The predicted molar refractivity (Wildman–Crippen MR) is 95.7 cm³/mol. The van der Waals surface area contributed by atoms with Crippen molar-refractivity contribution in [3.05, 3.63) is 34.9 Å². The normalized spacial score (nSPS) is 17.4. The van der Waals surface area contributed by atoms with Crippen LogP contribution in [0, 0.1) is 0 Å². The molecule has 2 rings (SSSR count). The number of benzene rings is 1. The Kier molecular flexibility index (Phi) is 6.51. The number of unbranched alkanes of at least 4 members (excludes halogenated alkanes) is 1. The van der Waals surface area contributed by atoms with E-state index < -0.39 is 12.2 Å². The molecular weight excluding hydrogens is 327 g/mol. The third-order valence-electron chi connectivity index (χ3n) is 4.65. The van der Waals surface area contributed by atoms with Crippen molar-refractivity contribution < 1.29 is 13.2 Å². The van der Waals surface area contributed by atoms with Crippen molar-refractivity contribution >= 4 is 0 Å². The monoisotopic (exact) mass is 357 g/mol. The Balaban J connectivity index is 2.35. The summed E-state index contributed by atoms with van der Waals surface area (Å²) in [6, 6.07) is 3.70. The summed E-state index contributed by atoms with van der Waals surface area (Å²) in [5.41, 5.74) is 7.55. The fourth-order valence-electron chi connectivity index (χ4n) is 2.96. The topological polar surface area (TPSA) is 50.1 Å². The van der Waals surface area contributed by atoms with Crippen molar-refractivity contribution in [2.75, 3.05) is 19.6 Å². The van der Waals surface area contributed by atoms with Gasteiger partial charge in [-0.05, 0) is 47.9 Å². The summed E-state index contributed by atoms with van der Waals surface area (Å²) >= 11 is 0. The summed E-state index contributed by atoms with van der Waals surface area (Å²) in [5.74, 6) is 0. The van der Waals surface area contributed by atoms with E-state index in [1.165, 1.54) is 0 Å². The molecule has 0 aromatic heterocycles. The minimum absolute atomic E-state index is 0.134. The maximum Gasteiger partial charge on any atom is 0.407 e. The molecule has 25 heavy (non-hydrogen) atoms. The molecule has 0 aliphatic carbocycles. The molecule has 1 aliphatic rings. The lowest BCUT2D eigenvalue weighted by Gasteiger charge is -2.34. The van der Waals surface area contributed by atoms with Gasteiger partial charge in [0.1, 0.15) is 6.04 Å². The van der Waals surface area contributed by atoms with Crippen molar-refractivity contribution in [1.29, 1.82) is 0 Å². The SMILES string of the molecule is CC(C)(C)c1cc(CCCCN)cc(C(NC2CNC2)C(F)(F)F)c1. The Morgan fingerprint density at radius 2 is 1.84 bits per heavy atom. The van der Waals surface area contributed by atoms with Crippen molar-refractivity contribution in [3.63, 3.8) is 0 Å². The van der Waals surface area contributed by atoms with Gasteiger partial charge in [0.05, 0.1) is 0 Å². The maximum absolute atomic E-state index is 13.7. The van der Waals surface area contributed by atoms with Gasteiger partial charge in [0, 0.05) is 19.1 Å². The predicted octanol–water partition coefficient (Wildman–Crippen LogP) is 3.43. The third-order valence-corrected chi connectivity index (χ3v) is 4.65. The molecule has 1 fully saturated rings. The van der Waals surface area contributed by atoms with Crippen LogP contribution in [0.2, 0.25) is 0 Å². The van der Waals surface area contributed by atoms with E-state index in [-0.39, 0.29) is 11.5 Å². The second kappa shape index (κ2) is 8.06. The van der Waals surface area contributed by atoms with Crippen LogP contribution in [0.3, 0.4) is 0 Å². The first kappa shape index (κ1) is 20.2. The highest BCUT2D eigenvalue weighted by molar-refractivity contribution is 5.36. The van der Waals surface area contributed by atoms with E-state index in [1.54, 1.807) is 12.1 Å². The van der Waals surface area contributed by atoms with Crippen molar-refractivity contribution in [1.82, 2.24) is 10.6 Å². The Bertz CT molecular complexity index is 560. The van der Waals surface area contributed by atoms with E-state index >= 15 is 0 Å². The molecule has 1 aromatic carbocycles. The van der Waals surface area contributed by atoms with E-state index in [0.717, 1.165) is 30.4 Å². The molecule has 1 heterocycles. The van der Waals surface area contributed by atoms with Gasteiger partial charge in [0.25, 0.3) is 0 Å². The average Bonchev–Trinajstić information content (AvgIpc) is 2.43. The second-order valence-electron chi connectivity index (χ2n) is 7.96. The van der Waals surface area contributed by atoms with Gasteiger partial charge < -0.3 is 11.1 Å². The first-order valence-corrected chi connectivity index (χ1v) is 8.99. The summed E-state index contributed by atoms with van der Waals surface area (Å²) < 4.78 is 41.1. The largest absolute Gasteiger partial charge is 0.407 e. The highest BCUT2D eigenvalue weighted by Crippen LogP contribution is 2.36. The van der Waals surface area contributed by atoms with Crippen LogP contribution >= 0.6 is 0 Å². The second-order valence-corrected chi connectivity index (χ2v) is 7.96. The molecule has 0 bridgehead atoms. The number of nitrogens with one attached hydrogen (secondary N) is 2. The molecule has 1 saturated heterocycles. The fraction of sp³-hybridized carbons (Fsp3) is 0.684. The number of nitrogens with two attached hydrogens (primary N) is 1. The van der Waals surface area contributed by atoms with Crippen molar-refractivity contribution in [3.8, 4) is 0 Å². The standard InChI is InChI=1S/C19H30F3N3/c1-18(2,3)15-9-13(6-4-5-7-23)8-14(10-15)17(19(20,21)22)25-16-11-24-12-16/h8-10,16-17,24-25H,4-7,11-12,23H2,1-3H3. The Morgan fingerprint density at radius 3 is 2.32 bits per heavy atom. The van der Waals surface area contributed by atoms with Gasteiger partial charge in [-0.1, -0.05) is 39.0 Å². The lowest BCUT2D eigenvalue weighted by atomic mass is 9.83. The number of rotatable bonds is 7. The van der Waals surface area contributed by atoms with E-state index in [2.05, 4.69) is 10.6 Å². The lowest BCUT2D eigenvalue weighted by Crippen LogP contribution is -2.57. The van der Waals surface area contributed by atoms with E-state index in [1.807, 2.05) is 26.8 Å². The smallest absolute Gasteiger partial charge is 0.330 e. The van der Waals surface area contributed by atoms with Crippen LogP contribution in [0.25, 0.3) is 0 Å². The molecule has 6 heteroatoms. The van der Waals surface area contributed by atoms with Gasteiger partial charge in [-0.15, -0.1) is 0 Å². The number of halogens is 3. The van der Waals surface area contributed by atoms with Crippen LogP contribution in [-0.4, -0.2) is 31.9 Å². The molecule has 4 N–H and O–H groups in total. The lowest BCUT2D eigenvalue weighted by molar-refractivity contribution is -0.160. The summed E-state index contributed by atoms with van der Waals surface area (Å²) in [7, 11) is 0. The molecule has 0 spiro atoms. The van der Waals surface area contributed by atoms with Crippen LogP contribution in [0.1, 0.15) is 56.3 Å². The molecule has 1 unspecified atom stereocenters. The van der Waals surface area contributed by atoms with Gasteiger partial charge in [-0.3, -0.25) is 5.32 Å². The number of hydrogen-bond acceptors (Lipinski definition) is 3. The van der Waals surface area contributed by atoms with Gasteiger partial charge >= 0.3 is 6.18 Å². The first-order valence-electron chi connectivity index (χ1n) is 8.99. The number of hydrogen-bond donors (Lipinski definition) is 3. The van der Waals surface area contributed by atoms with Crippen LogP contribution in [0.5, 0.6) is 0 Å². The highest BCUT2D eigenvalue weighted by atomic mass is 19.4. The molecule has 0 amide bonds. The van der Waals surface area contributed by atoms with Gasteiger partial charge in [-0.25, -0.2) is 0 Å². The summed E-state index contributed by atoms with van der Waals surface area (Å²) in [4.78, 5) is 0. The fourth-order valence-corrected chi connectivity index (χ4v) is 2.96. The zero-order valence-electron chi connectivity index (χ0n) is 15.3. The third kappa shape index (κ3) is 5.69. The molecule has 1 aliphatic heterocycles. The van der Waals surface area contributed by atoms with E-state index in [0.29, 0.717) is 25.2 Å². The van der Waals surface area contributed by atoms with Crippen molar-refractivity contribution in [2.24, 2.45) is 5.73 Å². The van der Waals surface area contributed by atoms with E-state index in [9.17, 15) is 13.2 Å². The Hall–Kier alpha value is -1.11. The first-order chi connectivity index (χ1) is 11.6. The van der Waals surface area contributed by atoms with Gasteiger partial charge in [-0.2, -0.15) is 13.2 Å². The number of aryl methyl sites for hydroxylation is 1. The molecule has 3 nitrogen and oxygen atoms in total. The van der Waals surface area contributed by atoms with Crippen LogP contribution < -0.4 is 16.4 Å². The highest BCUT2D eigenvalue weighted by Gasteiger charge is 2.43. The molecular formula is C19H30F3N3. The Morgan fingerprint density at radius 1 is 1.16 bits per heavy atom. The molecule has 0 radical (unpaired) electrons. The van der Waals surface area contributed by atoms with Crippen LogP contribution in [0.15, 0.2) is 18.2 Å². The summed E-state index contributed by atoms with van der Waals surface area (Å²) in [6.45, 7) is 7.85. The Labute approximate surface area is 148 Å². The average molecular weight is 357 g/mol. The molecule has 142 valence electrons.